The van der Waals surface area contributed by atoms with Crippen molar-refractivity contribution < 1.29 is 9.66 Å². The Labute approximate surface area is 175 Å². The molecule has 146 valence electrons. The molecule has 28 heavy (non-hydrogen) atoms. The number of nitro groups is 1. The summed E-state index contributed by atoms with van der Waals surface area (Å²) in [5.41, 5.74) is 1.45. The molecule has 0 unspecified atom stereocenters. The number of rotatable bonds is 7. The van der Waals surface area contributed by atoms with E-state index in [1.165, 1.54) is 11.8 Å². The van der Waals surface area contributed by atoms with Crippen molar-refractivity contribution in [3.05, 3.63) is 74.0 Å². The zero-order valence-electron chi connectivity index (χ0n) is 15.0. The van der Waals surface area contributed by atoms with Crippen molar-refractivity contribution in [1.82, 2.24) is 14.8 Å². The summed E-state index contributed by atoms with van der Waals surface area (Å²) in [7, 11) is 1.60. The maximum Gasteiger partial charge on any atom is 0.220 e. The second-order valence-corrected chi connectivity index (χ2v) is 7.86. The molecule has 0 radical (unpaired) electrons. The number of ether oxygens (including phenoxy) is 1. The molecule has 2 aromatic carbocycles. The number of halogens is 2. The fourth-order valence-corrected chi connectivity index (χ4v) is 4.49. The van der Waals surface area contributed by atoms with E-state index in [1.807, 2.05) is 35.8 Å². The van der Waals surface area contributed by atoms with Gasteiger partial charge in [0, 0.05) is 20.7 Å². The molecule has 0 fully saturated rings. The average Bonchev–Trinajstić information content (AvgIpc) is 3.01. The van der Waals surface area contributed by atoms with Gasteiger partial charge in [0.1, 0.15) is 16.8 Å². The second kappa shape index (κ2) is 8.81. The third kappa shape index (κ3) is 4.57. The minimum absolute atomic E-state index is 0.319. The van der Waals surface area contributed by atoms with Crippen LogP contribution in [-0.4, -0.2) is 33.3 Å². The monoisotopic (exact) mass is 438 g/mol. The van der Waals surface area contributed by atoms with Gasteiger partial charge < -0.3 is 4.74 Å². The number of methoxy groups -OCH3 is 1. The van der Waals surface area contributed by atoms with Gasteiger partial charge in [0.15, 0.2) is 5.16 Å². The average molecular weight is 439 g/mol. The molecule has 0 amide bonds. The summed E-state index contributed by atoms with van der Waals surface area (Å²) in [6.07, 6.45) is 0. The van der Waals surface area contributed by atoms with Crippen LogP contribution in [0.5, 0.6) is 5.75 Å². The lowest BCUT2D eigenvalue weighted by molar-refractivity contribution is -0.479. The van der Waals surface area contributed by atoms with Crippen molar-refractivity contribution >= 4 is 35.0 Å². The minimum atomic E-state index is -0.555. The summed E-state index contributed by atoms with van der Waals surface area (Å²) in [6, 6.07) is 12.3. The van der Waals surface area contributed by atoms with Crippen molar-refractivity contribution in [2.24, 2.45) is 0 Å². The molecule has 1 aromatic heterocycles. The predicted molar refractivity (Wildman–Crippen MR) is 110 cm³/mol. The molecule has 0 aliphatic heterocycles. The van der Waals surface area contributed by atoms with E-state index < -0.39 is 5.25 Å². The Morgan fingerprint density at radius 1 is 1.21 bits per heavy atom. The van der Waals surface area contributed by atoms with Crippen LogP contribution in [0.2, 0.25) is 10.0 Å². The predicted octanol–water partition coefficient (Wildman–Crippen LogP) is 5.00. The number of thioether (sulfide) groups is 1. The summed E-state index contributed by atoms with van der Waals surface area (Å²) in [5, 5.41) is 20.4. The van der Waals surface area contributed by atoms with Gasteiger partial charge in [-0.15, -0.1) is 10.2 Å². The highest BCUT2D eigenvalue weighted by molar-refractivity contribution is 7.99. The highest BCUT2D eigenvalue weighted by Gasteiger charge is 2.25. The van der Waals surface area contributed by atoms with Gasteiger partial charge in [-0.2, -0.15) is 0 Å². The van der Waals surface area contributed by atoms with Gasteiger partial charge in [-0.3, -0.25) is 14.7 Å². The van der Waals surface area contributed by atoms with Gasteiger partial charge in [-0.05, 0) is 48.9 Å². The van der Waals surface area contributed by atoms with Crippen LogP contribution >= 0.6 is 35.0 Å². The maximum absolute atomic E-state index is 11.2. The van der Waals surface area contributed by atoms with E-state index in [9.17, 15) is 10.1 Å². The van der Waals surface area contributed by atoms with E-state index in [1.54, 1.807) is 25.3 Å². The molecule has 0 aliphatic rings. The van der Waals surface area contributed by atoms with E-state index in [0.29, 0.717) is 26.6 Å². The quantitative estimate of drug-likeness (QED) is 0.293. The molecule has 0 spiro atoms. The normalized spacial score (nSPS) is 12.0. The Hall–Kier alpha value is -2.29. The van der Waals surface area contributed by atoms with Crippen molar-refractivity contribution in [1.29, 1.82) is 0 Å². The Bertz CT molecular complexity index is 995. The van der Waals surface area contributed by atoms with Gasteiger partial charge >= 0.3 is 0 Å². The lowest BCUT2D eigenvalue weighted by Crippen LogP contribution is -2.11. The van der Waals surface area contributed by atoms with Crippen LogP contribution in [0, 0.1) is 17.0 Å². The first-order valence-electron chi connectivity index (χ1n) is 8.19. The van der Waals surface area contributed by atoms with Crippen molar-refractivity contribution in [3.63, 3.8) is 0 Å². The number of hydrogen-bond donors (Lipinski definition) is 0. The first-order chi connectivity index (χ1) is 13.4. The van der Waals surface area contributed by atoms with Crippen molar-refractivity contribution in [2.45, 2.75) is 17.3 Å². The third-order valence-corrected chi connectivity index (χ3v) is 5.72. The molecule has 3 aromatic rings. The smallest absolute Gasteiger partial charge is 0.220 e. The molecule has 7 nitrogen and oxygen atoms in total. The van der Waals surface area contributed by atoms with E-state index in [0.717, 1.165) is 11.4 Å². The molecule has 0 aliphatic carbocycles. The first-order valence-corrected chi connectivity index (χ1v) is 9.82. The Morgan fingerprint density at radius 2 is 1.93 bits per heavy atom. The first kappa shape index (κ1) is 20.4. The van der Waals surface area contributed by atoms with Crippen LogP contribution in [0.1, 0.15) is 16.6 Å². The Balaban J connectivity index is 1.98. The van der Waals surface area contributed by atoms with Gasteiger partial charge in [0.2, 0.25) is 6.54 Å². The van der Waals surface area contributed by atoms with Gasteiger partial charge in [-0.25, -0.2) is 0 Å². The lowest BCUT2D eigenvalue weighted by atomic mass is 10.1. The van der Waals surface area contributed by atoms with E-state index >= 15 is 0 Å². The molecular formula is C18H16Cl2N4O3S. The van der Waals surface area contributed by atoms with E-state index in [4.69, 9.17) is 27.9 Å². The van der Waals surface area contributed by atoms with Crippen molar-refractivity contribution in [3.8, 4) is 11.4 Å². The summed E-state index contributed by atoms with van der Waals surface area (Å²) in [4.78, 5) is 10.9. The molecular weight excluding hydrogens is 423 g/mol. The van der Waals surface area contributed by atoms with Crippen LogP contribution in [-0.2, 0) is 0 Å². The standard InChI is InChI=1S/C18H16Cl2N4O3S/c1-11-21-22-18(24(11)13-4-6-14(27-2)7-5-13)28-17(10-23(25)26)15-8-3-12(19)9-16(15)20/h3-9,17H,10H2,1-2H3/t17-/m0/s1. The molecule has 10 heteroatoms. The largest absolute Gasteiger partial charge is 0.497 e. The number of aryl methyl sites for hydroxylation is 1. The molecule has 0 bridgehead atoms. The fourth-order valence-electron chi connectivity index (χ4n) is 2.67. The Morgan fingerprint density at radius 3 is 2.54 bits per heavy atom. The van der Waals surface area contributed by atoms with Gasteiger partial charge in [0.05, 0.1) is 7.11 Å². The molecule has 0 saturated heterocycles. The van der Waals surface area contributed by atoms with E-state index in [2.05, 4.69) is 10.2 Å². The van der Waals surface area contributed by atoms with Crippen LogP contribution in [0.15, 0.2) is 47.6 Å². The van der Waals surface area contributed by atoms with Gasteiger partial charge in [0.25, 0.3) is 0 Å². The topological polar surface area (TPSA) is 83.1 Å². The van der Waals surface area contributed by atoms with Crippen LogP contribution in [0.25, 0.3) is 5.69 Å². The van der Waals surface area contributed by atoms with Crippen LogP contribution in [0.3, 0.4) is 0 Å². The highest BCUT2D eigenvalue weighted by Crippen LogP contribution is 2.39. The summed E-state index contributed by atoms with van der Waals surface area (Å²) < 4.78 is 7.02. The summed E-state index contributed by atoms with van der Waals surface area (Å²) >= 11 is 13.5. The zero-order valence-corrected chi connectivity index (χ0v) is 17.3. The minimum Gasteiger partial charge on any atom is -0.497 e. The second-order valence-electron chi connectivity index (χ2n) is 5.85. The summed E-state index contributed by atoms with van der Waals surface area (Å²) in [5.74, 6) is 1.39. The highest BCUT2D eigenvalue weighted by atomic mass is 35.5. The molecule has 3 rings (SSSR count). The van der Waals surface area contributed by atoms with Crippen molar-refractivity contribution in [2.75, 3.05) is 13.7 Å². The summed E-state index contributed by atoms with van der Waals surface area (Å²) in [6.45, 7) is 1.50. The zero-order chi connectivity index (χ0) is 20.3. The lowest BCUT2D eigenvalue weighted by Gasteiger charge is -2.15. The fraction of sp³-hybridized carbons (Fsp3) is 0.222. The number of hydrogen-bond acceptors (Lipinski definition) is 6. The van der Waals surface area contributed by atoms with Crippen LogP contribution < -0.4 is 4.74 Å². The number of aromatic nitrogens is 3. The number of benzene rings is 2. The molecule has 1 heterocycles. The van der Waals surface area contributed by atoms with Gasteiger partial charge in [-0.1, -0.05) is 41.0 Å². The molecule has 1 atom stereocenters. The molecule has 0 N–H and O–H groups in total. The molecule has 0 saturated carbocycles. The maximum atomic E-state index is 11.2. The number of nitrogens with zero attached hydrogens (tertiary/aromatic N) is 4. The SMILES string of the molecule is COc1ccc(-n2c(C)nnc2S[C@@H](C[N+](=O)[O-])c2ccc(Cl)cc2Cl)cc1. The third-order valence-electron chi connectivity index (χ3n) is 4.00. The van der Waals surface area contributed by atoms with Crippen LogP contribution in [0.4, 0.5) is 0 Å². The van der Waals surface area contributed by atoms with E-state index in [-0.39, 0.29) is 11.5 Å². The Kier molecular flexibility index (Phi) is 6.43.